The van der Waals surface area contributed by atoms with Gasteiger partial charge in [-0.1, -0.05) is 46.4 Å². The van der Waals surface area contributed by atoms with E-state index < -0.39 is 0 Å². The zero-order valence-corrected chi connectivity index (χ0v) is 19.0. The van der Waals surface area contributed by atoms with Gasteiger partial charge >= 0.3 is 0 Å². The summed E-state index contributed by atoms with van der Waals surface area (Å²) >= 11 is 25.7. The molecule has 0 radical (unpaired) electrons. The Balaban J connectivity index is 1.72. The molecule has 0 aliphatic carbocycles. The number of aromatic nitrogens is 1. The highest BCUT2D eigenvalue weighted by Gasteiger charge is 2.23. The summed E-state index contributed by atoms with van der Waals surface area (Å²) in [7, 11) is 1.95. The standard InChI is InChI=1S/C22H20Cl4N2O/c1-27-14(11-16-19(25)9-13(23)10-20(16)27)12-17-18(24)6-5-15(21(17)26)22(29)28-7-3-2-4-8-28/h5-6,9-11H,2-4,7-8,12H2,1H3. The Bertz CT molecular complexity index is 1100. The Hall–Kier alpha value is -1.39. The van der Waals surface area contributed by atoms with Gasteiger partial charge in [-0.15, -0.1) is 0 Å². The van der Waals surface area contributed by atoms with Gasteiger partial charge in [0.2, 0.25) is 0 Å². The Labute approximate surface area is 190 Å². The largest absolute Gasteiger partial charge is 0.347 e. The van der Waals surface area contributed by atoms with E-state index in [0.717, 1.165) is 54.5 Å². The molecule has 3 nitrogen and oxygen atoms in total. The minimum Gasteiger partial charge on any atom is -0.347 e. The second-order valence-electron chi connectivity index (χ2n) is 7.43. The monoisotopic (exact) mass is 468 g/mol. The number of hydrogen-bond acceptors (Lipinski definition) is 1. The SMILES string of the molecule is Cn1c(Cc2c(Cl)ccc(C(=O)N3CCCCC3)c2Cl)cc2c(Cl)cc(Cl)cc21. The number of hydrogen-bond donors (Lipinski definition) is 0. The summed E-state index contributed by atoms with van der Waals surface area (Å²) in [6, 6.07) is 9.11. The van der Waals surface area contributed by atoms with E-state index in [-0.39, 0.29) is 5.91 Å². The van der Waals surface area contributed by atoms with Crippen LogP contribution in [0.1, 0.15) is 40.9 Å². The molecule has 1 saturated heterocycles. The minimum absolute atomic E-state index is 0.0283. The van der Waals surface area contributed by atoms with Gasteiger partial charge in [-0.2, -0.15) is 0 Å². The van der Waals surface area contributed by atoms with Gasteiger partial charge in [-0.3, -0.25) is 4.79 Å². The zero-order valence-electron chi connectivity index (χ0n) is 15.9. The van der Waals surface area contributed by atoms with Crippen LogP contribution in [0.15, 0.2) is 30.3 Å². The number of carbonyl (C=O) groups excluding carboxylic acids is 1. The molecule has 0 bridgehead atoms. The van der Waals surface area contributed by atoms with Crippen LogP contribution in [0.25, 0.3) is 10.9 Å². The molecule has 1 amide bonds. The predicted octanol–water partition coefficient (Wildman–Crippen LogP) is 7.01. The molecular formula is C22H20Cl4N2O. The third kappa shape index (κ3) is 3.98. The van der Waals surface area contributed by atoms with Crippen LogP contribution in [0.2, 0.25) is 20.1 Å². The van der Waals surface area contributed by atoms with Crippen molar-refractivity contribution in [3.05, 3.63) is 67.2 Å². The van der Waals surface area contributed by atoms with Crippen molar-refractivity contribution >= 4 is 63.2 Å². The zero-order chi connectivity index (χ0) is 20.7. The first kappa shape index (κ1) is 20.9. The molecule has 3 aromatic rings. The van der Waals surface area contributed by atoms with Crippen molar-refractivity contribution in [2.24, 2.45) is 7.05 Å². The summed E-state index contributed by atoms with van der Waals surface area (Å²) < 4.78 is 2.03. The van der Waals surface area contributed by atoms with Crippen molar-refractivity contribution in [3.63, 3.8) is 0 Å². The highest BCUT2D eigenvalue weighted by molar-refractivity contribution is 6.39. The summed E-state index contributed by atoms with van der Waals surface area (Å²) in [5, 5.41) is 3.06. The quantitative estimate of drug-likeness (QED) is 0.405. The first-order valence-corrected chi connectivity index (χ1v) is 11.1. The fourth-order valence-corrected chi connectivity index (χ4v) is 5.07. The maximum atomic E-state index is 13.0. The average molecular weight is 470 g/mol. The number of fused-ring (bicyclic) bond motifs is 1. The Morgan fingerprint density at radius 3 is 2.41 bits per heavy atom. The molecule has 1 aromatic heterocycles. The lowest BCUT2D eigenvalue weighted by atomic mass is 10.0. The molecular weight excluding hydrogens is 450 g/mol. The normalized spacial score (nSPS) is 14.6. The lowest BCUT2D eigenvalue weighted by Crippen LogP contribution is -2.35. The summed E-state index contributed by atoms with van der Waals surface area (Å²) in [4.78, 5) is 14.9. The van der Waals surface area contributed by atoms with Crippen LogP contribution in [0, 0.1) is 0 Å². The predicted molar refractivity (Wildman–Crippen MR) is 122 cm³/mol. The minimum atomic E-state index is -0.0283. The van der Waals surface area contributed by atoms with E-state index in [1.807, 2.05) is 28.6 Å². The molecule has 29 heavy (non-hydrogen) atoms. The molecule has 1 fully saturated rings. The third-order valence-corrected chi connectivity index (χ3v) is 6.91. The molecule has 2 heterocycles. The van der Waals surface area contributed by atoms with Gasteiger partial charge in [0.15, 0.2) is 0 Å². The van der Waals surface area contributed by atoms with Gasteiger partial charge in [-0.05, 0) is 55.2 Å². The number of piperidine rings is 1. The number of likely N-dealkylation sites (tertiary alicyclic amines) is 1. The molecule has 4 rings (SSSR count). The highest BCUT2D eigenvalue weighted by Crippen LogP contribution is 2.35. The molecule has 2 aromatic carbocycles. The van der Waals surface area contributed by atoms with E-state index in [2.05, 4.69) is 0 Å². The summed E-state index contributed by atoms with van der Waals surface area (Å²) in [5.74, 6) is -0.0283. The summed E-state index contributed by atoms with van der Waals surface area (Å²) in [6.45, 7) is 1.55. The molecule has 0 saturated carbocycles. The van der Waals surface area contributed by atoms with Crippen molar-refractivity contribution in [1.29, 1.82) is 0 Å². The molecule has 152 valence electrons. The molecule has 7 heteroatoms. The molecule has 0 atom stereocenters. The van der Waals surface area contributed by atoms with Gasteiger partial charge in [0, 0.05) is 47.7 Å². The number of halogens is 4. The Kier molecular flexibility index (Phi) is 6.04. The highest BCUT2D eigenvalue weighted by atomic mass is 35.5. The lowest BCUT2D eigenvalue weighted by Gasteiger charge is -2.27. The van der Waals surface area contributed by atoms with E-state index in [0.29, 0.717) is 32.1 Å². The van der Waals surface area contributed by atoms with E-state index >= 15 is 0 Å². The molecule has 1 aliphatic rings. The van der Waals surface area contributed by atoms with Crippen LogP contribution in [0.5, 0.6) is 0 Å². The van der Waals surface area contributed by atoms with Gasteiger partial charge in [0.25, 0.3) is 5.91 Å². The van der Waals surface area contributed by atoms with E-state index in [4.69, 9.17) is 46.4 Å². The van der Waals surface area contributed by atoms with E-state index in [1.54, 1.807) is 18.2 Å². The maximum Gasteiger partial charge on any atom is 0.255 e. The van der Waals surface area contributed by atoms with E-state index in [1.165, 1.54) is 0 Å². The van der Waals surface area contributed by atoms with Crippen molar-refractivity contribution in [2.45, 2.75) is 25.7 Å². The van der Waals surface area contributed by atoms with Crippen molar-refractivity contribution in [3.8, 4) is 0 Å². The molecule has 1 aliphatic heterocycles. The van der Waals surface area contributed by atoms with Crippen LogP contribution >= 0.6 is 46.4 Å². The second-order valence-corrected chi connectivity index (χ2v) is 9.06. The third-order valence-electron chi connectivity index (χ3n) is 5.59. The van der Waals surface area contributed by atoms with Crippen LogP contribution in [-0.2, 0) is 13.5 Å². The number of nitrogens with zero attached hydrogens (tertiary/aromatic N) is 2. The number of aryl methyl sites for hydroxylation is 1. The van der Waals surface area contributed by atoms with Crippen molar-refractivity contribution in [1.82, 2.24) is 9.47 Å². The number of rotatable bonds is 3. The fourth-order valence-electron chi connectivity index (χ4n) is 3.95. The number of amides is 1. The molecule has 0 spiro atoms. The van der Waals surface area contributed by atoms with Gasteiger partial charge in [0.05, 0.1) is 21.1 Å². The molecule has 0 N–H and O–H groups in total. The van der Waals surface area contributed by atoms with Crippen LogP contribution < -0.4 is 0 Å². The van der Waals surface area contributed by atoms with E-state index in [9.17, 15) is 4.79 Å². The number of benzene rings is 2. The van der Waals surface area contributed by atoms with Crippen molar-refractivity contribution < 1.29 is 4.79 Å². The summed E-state index contributed by atoms with van der Waals surface area (Å²) in [5.41, 5.74) is 3.16. The maximum absolute atomic E-state index is 13.0. The average Bonchev–Trinajstić information content (AvgIpc) is 3.01. The number of carbonyl (C=O) groups is 1. The Morgan fingerprint density at radius 2 is 1.69 bits per heavy atom. The first-order valence-electron chi connectivity index (χ1n) is 9.56. The topological polar surface area (TPSA) is 25.2 Å². The summed E-state index contributed by atoms with van der Waals surface area (Å²) in [6.07, 6.45) is 3.71. The lowest BCUT2D eigenvalue weighted by molar-refractivity contribution is 0.0724. The van der Waals surface area contributed by atoms with Crippen LogP contribution in [-0.4, -0.2) is 28.5 Å². The van der Waals surface area contributed by atoms with Crippen LogP contribution in [0.4, 0.5) is 0 Å². The first-order chi connectivity index (χ1) is 13.9. The van der Waals surface area contributed by atoms with Gasteiger partial charge < -0.3 is 9.47 Å². The second kappa shape index (κ2) is 8.39. The fraction of sp³-hybridized carbons (Fsp3) is 0.318. The van der Waals surface area contributed by atoms with Gasteiger partial charge in [-0.25, -0.2) is 0 Å². The molecule has 0 unspecified atom stereocenters. The van der Waals surface area contributed by atoms with Crippen LogP contribution in [0.3, 0.4) is 0 Å². The van der Waals surface area contributed by atoms with Crippen molar-refractivity contribution in [2.75, 3.05) is 13.1 Å². The Morgan fingerprint density at radius 1 is 0.966 bits per heavy atom. The van der Waals surface area contributed by atoms with Gasteiger partial charge in [0.1, 0.15) is 0 Å². The smallest absolute Gasteiger partial charge is 0.255 e.